The van der Waals surface area contributed by atoms with Crippen LogP contribution in [0.25, 0.3) is 16.9 Å². The molecule has 1 amide bonds. The van der Waals surface area contributed by atoms with Gasteiger partial charge < -0.3 is 10.1 Å². The number of ether oxygens (including phenoxy) is 1. The Hall–Kier alpha value is -4.02. The highest BCUT2D eigenvalue weighted by atomic mass is 19.4. The monoisotopic (exact) mass is 414 g/mol. The fourth-order valence-electron chi connectivity index (χ4n) is 2.81. The lowest BCUT2D eigenvalue weighted by Crippen LogP contribution is -2.14. The number of benzene rings is 1. The molecule has 0 saturated carbocycles. The first kappa shape index (κ1) is 19.3. The predicted octanol–water partition coefficient (Wildman–Crippen LogP) is 3.47. The summed E-state index contributed by atoms with van der Waals surface area (Å²) in [6.45, 7) is 0. The number of methoxy groups -OCH3 is 1. The molecule has 4 rings (SSSR count). The van der Waals surface area contributed by atoms with Crippen molar-refractivity contribution in [2.75, 3.05) is 12.4 Å². The average Bonchev–Trinajstić information content (AvgIpc) is 3.17. The lowest BCUT2D eigenvalue weighted by Gasteiger charge is -2.12. The highest BCUT2D eigenvalue weighted by Crippen LogP contribution is 2.36. The first-order chi connectivity index (χ1) is 14.4. The van der Waals surface area contributed by atoms with Gasteiger partial charge in [0.2, 0.25) is 5.88 Å². The van der Waals surface area contributed by atoms with Gasteiger partial charge in [-0.3, -0.25) is 4.79 Å². The van der Waals surface area contributed by atoms with Crippen molar-refractivity contribution in [3.05, 3.63) is 66.0 Å². The molecule has 0 unspecified atom stereocenters. The number of hydrogen-bond donors (Lipinski definition) is 1. The Balaban J connectivity index is 1.71. The third-order valence-corrected chi connectivity index (χ3v) is 4.21. The summed E-state index contributed by atoms with van der Waals surface area (Å²) in [5, 5.41) is 14.1. The van der Waals surface area contributed by atoms with E-state index in [0.29, 0.717) is 0 Å². The van der Waals surface area contributed by atoms with E-state index in [1.807, 2.05) is 0 Å². The summed E-state index contributed by atoms with van der Waals surface area (Å²) in [6.07, 6.45) is -1.83. The number of nitrogens with one attached hydrogen (secondary N) is 1. The molecule has 0 radical (unpaired) electrons. The number of halogens is 3. The summed E-state index contributed by atoms with van der Waals surface area (Å²) in [5.74, 6) is -0.143. The minimum atomic E-state index is -4.54. The minimum absolute atomic E-state index is 0.0641. The van der Waals surface area contributed by atoms with Gasteiger partial charge in [-0.25, -0.2) is 9.50 Å². The molecule has 152 valence electrons. The van der Waals surface area contributed by atoms with E-state index < -0.39 is 17.6 Å². The Bertz CT molecular complexity index is 1220. The summed E-state index contributed by atoms with van der Waals surface area (Å²) >= 11 is 0. The van der Waals surface area contributed by atoms with Crippen molar-refractivity contribution >= 4 is 17.4 Å². The van der Waals surface area contributed by atoms with Crippen molar-refractivity contribution in [2.24, 2.45) is 0 Å². The number of alkyl halides is 3. The van der Waals surface area contributed by atoms with Crippen LogP contribution in [0.3, 0.4) is 0 Å². The third kappa shape index (κ3) is 3.64. The second kappa shape index (κ2) is 7.43. The molecule has 30 heavy (non-hydrogen) atoms. The molecule has 0 spiro atoms. The number of carbonyl (C=O) groups excluding carboxylic acids is 1. The van der Waals surface area contributed by atoms with Crippen LogP contribution in [0.2, 0.25) is 0 Å². The first-order valence-electron chi connectivity index (χ1n) is 8.57. The highest BCUT2D eigenvalue weighted by Gasteiger charge is 2.33. The van der Waals surface area contributed by atoms with Gasteiger partial charge in [-0.1, -0.05) is 18.2 Å². The molecule has 3 heterocycles. The van der Waals surface area contributed by atoms with Gasteiger partial charge in [0.1, 0.15) is 5.56 Å². The Morgan fingerprint density at radius 1 is 1.10 bits per heavy atom. The standard InChI is InChI=1S/C19H13F3N6O2/c1-30-16-7-6-15(26-27-16)25-18(29)12-10-23-28-9-8-14(24-17(12)28)11-4-2-3-5-13(11)19(20,21)22/h2-10H,1H3,(H,25,26,29). The van der Waals surface area contributed by atoms with Gasteiger partial charge in [0.25, 0.3) is 5.91 Å². The van der Waals surface area contributed by atoms with Gasteiger partial charge in [0.15, 0.2) is 11.5 Å². The molecule has 4 aromatic rings. The molecule has 0 aliphatic carbocycles. The smallest absolute Gasteiger partial charge is 0.417 e. The molecule has 3 aromatic heterocycles. The predicted molar refractivity (Wildman–Crippen MR) is 100.0 cm³/mol. The summed E-state index contributed by atoms with van der Waals surface area (Å²) < 4.78 is 46.3. The Labute approximate surface area is 167 Å². The topological polar surface area (TPSA) is 94.3 Å². The quantitative estimate of drug-likeness (QED) is 0.550. The largest absolute Gasteiger partial charge is 0.480 e. The van der Waals surface area contributed by atoms with Crippen molar-refractivity contribution < 1.29 is 22.7 Å². The van der Waals surface area contributed by atoms with Gasteiger partial charge in [0, 0.05) is 17.8 Å². The number of amides is 1. The van der Waals surface area contributed by atoms with Crippen LogP contribution in [0, 0.1) is 0 Å². The van der Waals surface area contributed by atoms with Crippen molar-refractivity contribution in [1.29, 1.82) is 0 Å². The number of fused-ring (bicyclic) bond motifs is 1. The number of aromatic nitrogens is 5. The van der Waals surface area contributed by atoms with E-state index in [0.717, 1.165) is 6.07 Å². The average molecular weight is 414 g/mol. The molecule has 11 heteroatoms. The fourth-order valence-corrected chi connectivity index (χ4v) is 2.81. The molecule has 1 aromatic carbocycles. The van der Waals surface area contributed by atoms with Crippen molar-refractivity contribution in [2.45, 2.75) is 6.18 Å². The summed E-state index contributed by atoms with van der Waals surface area (Å²) in [5.41, 5.74) is -0.682. The number of nitrogens with zero attached hydrogens (tertiary/aromatic N) is 5. The van der Waals surface area contributed by atoms with E-state index in [2.05, 4.69) is 25.6 Å². The summed E-state index contributed by atoms with van der Waals surface area (Å²) in [6, 6.07) is 9.51. The van der Waals surface area contributed by atoms with Crippen LogP contribution in [0.5, 0.6) is 5.88 Å². The van der Waals surface area contributed by atoms with Gasteiger partial charge >= 0.3 is 6.18 Å². The Kier molecular flexibility index (Phi) is 4.78. The van der Waals surface area contributed by atoms with E-state index in [4.69, 9.17) is 4.74 Å². The maximum Gasteiger partial charge on any atom is 0.417 e. The lowest BCUT2D eigenvalue weighted by molar-refractivity contribution is -0.137. The van der Waals surface area contributed by atoms with Gasteiger partial charge in [-0.15, -0.1) is 10.2 Å². The van der Waals surface area contributed by atoms with Crippen LogP contribution in [-0.4, -0.2) is 37.8 Å². The Morgan fingerprint density at radius 2 is 1.90 bits per heavy atom. The zero-order chi connectivity index (χ0) is 21.3. The second-order valence-electron chi connectivity index (χ2n) is 6.10. The number of carbonyl (C=O) groups is 1. The van der Waals surface area contributed by atoms with Crippen molar-refractivity contribution in [3.8, 4) is 17.1 Å². The maximum atomic E-state index is 13.4. The van der Waals surface area contributed by atoms with Crippen LogP contribution < -0.4 is 10.1 Å². The van der Waals surface area contributed by atoms with Crippen LogP contribution in [-0.2, 0) is 6.18 Å². The van der Waals surface area contributed by atoms with Crippen molar-refractivity contribution in [1.82, 2.24) is 24.8 Å². The number of anilines is 1. The zero-order valence-electron chi connectivity index (χ0n) is 15.4. The van der Waals surface area contributed by atoms with Crippen LogP contribution in [0.15, 0.2) is 54.9 Å². The number of hydrogen-bond acceptors (Lipinski definition) is 6. The zero-order valence-corrected chi connectivity index (χ0v) is 15.4. The highest BCUT2D eigenvalue weighted by molar-refractivity contribution is 6.07. The van der Waals surface area contributed by atoms with E-state index in [9.17, 15) is 18.0 Å². The minimum Gasteiger partial charge on any atom is -0.480 e. The fraction of sp³-hybridized carbons (Fsp3) is 0.105. The van der Waals surface area contributed by atoms with E-state index >= 15 is 0 Å². The van der Waals surface area contributed by atoms with Gasteiger partial charge in [0.05, 0.1) is 24.6 Å². The molecule has 0 fully saturated rings. The summed E-state index contributed by atoms with van der Waals surface area (Å²) in [4.78, 5) is 16.9. The van der Waals surface area contributed by atoms with E-state index in [1.54, 1.807) is 0 Å². The Morgan fingerprint density at radius 3 is 2.60 bits per heavy atom. The third-order valence-electron chi connectivity index (χ3n) is 4.21. The molecule has 0 bridgehead atoms. The molecular formula is C19H13F3N6O2. The SMILES string of the molecule is COc1ccc(NC(=O)c2cnn3ccc(-c4ccccc4C(F)(F)F)nc23)nn1. The molecule has 8 nitrogen and oxygen atoms in total. The number of rotatable bonds is 4. The molecular weight excluding hydrogens is 401 g/mol. The van der Waals surface area contributed by atoms with Crippen LogP contribution in [0.1, 0.15) is 15.9 Å². The molecule has 1 N–H and O–H groups in total. The van der Waals surface area contributed by atoms with Gasteiger partial charge in [-0.2, -0.15) is 18.3 Å². The molecule has 0 saturated heterocycles. The van der Waals surface area contributed by atoms with Gasteiger partial charge in [-0.05, 0) is 18.2 Å². The van der Waals surface area contributed by atoms with Crippen molar-refractivity contribution in [3.63, 3.8) is 0 Å². The second-order valence-corrected chi connectivity index (χ2v) is 6.10. The molecule has 0 aliphatic heterocycles. The van der Waals surface area contributed by atoms with Crippen LogP contribution >= 0.6 is 0 Å². The maximum absolute atomic E-state index is 13.4. The van der Waals surface area contributed by atoms with E-state index in [1.165, 1.54) is 60.4 Å². The summed E-state index contributed by atoms with van der Waals surface area (Å²) in [7, 11) is 1.43. The van der Waals surface area contributed by atoms with Crippen LogP contribution in [0.4, 0.5) is 19.0 Å². The molecule has 0 atom stereocenters. The normalized spacial score (nSPS) is 11.5. The molecule has 0 aliphatic rings. The first-order valence-corrected chi connectivity index (χ1v) is 8.57. The van der Waals surface area contributed by atoms with E-state index in [-0.39, 0.29) is 34.2 Å². The lowest BCUT2D eigenvalue weighted by atomic mass is 10.0.